The van der Waals surface area contributed by atoms with Crippen LogP contribution in [-0.2, 0) is 13.0 Å². The predicted molar refractivity (Wildman–Crippen MR) is 85.8 cm³/mol. The summed E-state index contributed by atoms with van der Waals surface area (Å²) in [5.41, 5.74) is 2.04. The summed E-state index contributed by atoms with van der Waals surface area (Å²) >= 11 is 7.55. The molecule has 3 aromatic heterocycles. The van der Waals surface area contributed by atoms with Crippen molar-refractivity contribution in [1.82, 2.24) is 15.5 Å². The predicted octanol–water partition coefficient (Wildman–Crippen LogP) is 4.03. The normalized spacial score (nSPS) is 11.1. The molecular weight excluding hydrogens is 306 g/mol. The van der Waals surface area contributed by atoms with E-state index in [4.69, 9.17) is 16.0 Å². The number of nitrogens with one attached hydrogen (secondary N) is 2. The highest BCUT2D eigenvalue weighted by Gasteiger charge is 2.10. The minimum Gasteiger partial charge on any atom is -0.460 e. The second kappa shape index (κ2) is 6.47. The van der Waals surface area contributed by atoms with Gasteiger partial charge in [0.1, 0.15) is 11.5 Å². The molecule has 0 aliphatic heterocycles. The summed E-state index contributed by atoms with van der Waals surface area (Å²) in [4.78, 5) is 1.29. The third-order valence-electron chi connectivity index (χ3n) is 3.20. The van der Waals surface area contributed by atoms with Crippen LogP contribution in [0.2, 0.25) is 4.34 Å². The lowest BCUT2D eigenvalue weighted by molar-refractivity contribution is 0.545. The molecule has 0 radical (unpaired) electrons. The van der Waals surface area contributed by atoms with Crippen LogP contribution < -0.4 is 5.32 Å². The summed E-state index contributed by atoms with van der Waals surface area (Å²) in [5.74, 6) is 1.72. The van der Waals surface area contributed by atoms with Gasteiger partial charge in [0.15, 0.2) is 5.76 Å². The Balaban J connectivity index is 1.55. The zero-order valence-electron chi connectivity index (χ0n) is 11.6. The van der Waals surface area contributed by atoms with E-state index in [1.165, 1.54) is 4.88 Å². The van der Waals surface area contributed by atoms with Gasteiger partial charge in [-0.15, -0.1) is 11.3 Å². The van der Waals surface area contributed by atoms with Crippen molar-refractivity contribution in [3.05, 3.63) is 51.0 Å². The molecule has 110 valence electrons. The largest absolute Gasteiger partial charge is 0.460 e. The van der Waals surface area contributed by atoms with E-state index in [9.17, 15) is 0 Å². The quantitative estimate of drug-likeness (QED) is 0.674. The van der Waals surface area contributed by atoms with Gasteiger partial charge in [0.05, 0.1) is 10.5 Å². The number of aryl methyl sites for hydroxylation is 1. The number of rotatable bonds is 6. The molecule has 0 saturated carbocycles. The molecule has 0 saturated heterocycles. The van der Waals surface area contributed by atoms with Gasteiger partial charge >= 0.3 is 0 Å². The van der Waals surface area contributed by atoms with Crippen molar-refractivity contribution >= 4 is 22.9 Å². The minimum absolute atomic E-state index is 0.755. The number of hydrogen-bond donors (Lipinski definition) is 2. The number of hydrogen-bond acceptors (Lipinski definition) is 4. The second-order valence-corrected chi connectivity index (χ2v) is 6.61. The van der Waals surface area contributed by atoms with Gasteiger partial charge in [0.25, 0.3) is 0 Å². The smallest absolute Gasteiger partial charge is 0.152 e. The lowest BCUT2D eigenvalue weighted by Crippen LogP contribution is -2.16. The molecule has 0 spiro atoms. The fraction of sp³-hybridized carbons (Fsp3) is 0.267. The molecule has 3 aromatic rings. The highest BCUT2D eigenvalue weighted by atomic mass is 35.5. The van der Waals surface area contributed by atoms with Gasteiger partial charge in [-0.2, -0.15) is 5.10 Å². The number of nitrogens with zero attached hydrogens (tertiary/aromatic N) is 1. The van der Waals surface area contributed by atoms with Crippen LogP contribution in [0.1, 0.15) is 16.2 Å². The number of halogens is 1. The molecule has 0 aromatic carbocycles. The van der Waals surface area contributed by atoms with Crippen molar-refractivity contribution in [1.29, 1.82) is 0 Å². The number of furan rings is 1. The molecule has 0 aliphatic carbocycles. The van der Waals surface area contributed by atoms with Gasteiger partial charge in [-0.1, -0.05) is 11.6 Å². The third kappa shape index (κ3) is 3.56. The Labute approximate surface area is 132 Å². The van der Waals surface area contributed by atoms with E-state index in [1.54, 1.807) is 11.3 Å². The molecule has 0 aliphatic rings. The summed E-state index contributed by atoms with van der Waals surface area (Å²) < 4.78 is 6.48. The van der Waals surface area contributed by atoms with Gasteiger partial charge < -0.3 is 9.73 Å². The Morgan fingerprint density at radius 1 is 1.33 bits per heavy atom. The van der Waals surface area contributed by atoms with E-state index >= 15 is 0 Å². The van der Waals surface area contributed by atoms with Crippen LogP contribution in [-0.4, -0.2) is 16.7 Å². The van der Waals surface area contributed by atoms with E-state index in [-0.39, 0.29) is 0 Å². The third-order valence-corrected chi connectivity index (χ3v) is 4.49. The molecule has 2 N–H and O–H groups in total. The average molecular weight is 322 g/mol. The molecule has 4 nitrogen and oxygen atoms in total. The molecule has 0 unspecified atom stereocenters. The second-order valence-electron chi connectivity index (χ2n) is 4.81. The van der Waals surface area contributed by atoms with Gasteiger partial charge in [0, 0.05) is 23.5 Å². The summed E-state index contributed by atoms with van der Waals surface area (Å²) in [6.45, 7) is 3.59. The Morgan fingerprint density at radius 2 is 2.24 bits per heavy atom. The van der Waals surface area contributed by atoms with Crippen LogP contribution in [0.4, 0.5) is 0 Å². The van der Waals surface area contributed by atoms with Crippen molar-refractivity contribution < 1.29 is 4.42 Å². The maximum atomic E-state index is 5.92. The van der Waals surface area contributed by atoms with E-state index < -0.39 is 0 Å². The Hall–Kier alpha value is -1.56. The number of aromatic nitrogens is 2. The highest BCUT2D eigenvalue weighted by Crippen LogP contribution is 2.23. The number of H-pyrrole nitrogens is 1. The Bertz CT molecular complexity index is 716. The first-order valence-corrected chi connectivity index (χ1v) is 7.96. The van der Waals surface area contributed by atoms with Crippen LogP contribution in [0.15, 0.2) is 34.9 Å². The van der Waals surface area contributed by atoms with Crippen LogP contribution >= 0.6 is 22.9 Å². The monoisotopic (exact) mass is 321 g/mol. The lowest BCUT2D eigenvalue weighted by Gasteiger charge is -2.03. The molecule has 0 fully saturated rings. The fourth-order valence-corrected chi connectivity index (χ4v) is 3.24. The van der Waals surface area contributed by atoms with Crippen molar-refractivity contribution in [3.8, 4) is 11.5 Å². The zero-order chi connectivity index (χ0) is 14.7. The molecule has 0 bridgehead atoms. The maximum absolute atomic E-state index is 5.92. The molecular formula is C15H16ClN3OS. The van der Waals surface area contributed by atoms with E-state index in [1.807, 2.05) is 31.3 Å². The van der Waals surface area contributed by atoms with Gasteiger partial charge in [-0.25, -0.2) is 0 Å². The topological polar surface area (TPSA) is 53.9 Å². The highest BCUT2D eigenvalue weighted by molar-refractivity contribution is 7.16. The van der Waals surface area contributed by atoms with E-state index in [0.717, 1.165) is 46.6 Å². The van der Waals surface area contributed by atoms with Crippen LogP contribution in [0.5, 0.6) is 0 Å². The fourth-order valence-electron chi connectivity index (χ4n) is 2.15. The zero-order valence-corrected chi connectivity index (χ0v) is 13.2. The van der Waals surface area contributed by atoms with E-state index in [0.29, 0.717) is 0 Å². The van der Waals surface area contributed by atoms with Crippen molar-refractivity contribution in [2.24, 2.45) is 0 Å². The van der Waals surface area contributed by atoms with Crippen LogP contribution in [0, 0.1) is 6.92 Å². The SMILES string of the molecule is Cc1ccc(-c2[nH]ncc2CNCCc2ccc(Cl)s2)o1. The number of thiophene rings is 1. The summed E-state index contributed by atoms with van der Waals surface area (Å²) in [7, 11) is 0. The van der Waals surface area contributed by atoms with Gasteiger partial charge in [0.2, 0.25) is 0 Å². The molecule has 21 heavy (non-hydrogen) atoms. The molecule has 3 heterocycles. The molecule has 6 heteroatoms. The minimum atomic E-state index is 0.755. The van der Waals surface area contributed by atoms with Gasteiger partial charge in [-0.3, -0.25) is 5.10 Å². The Morgan fingerprint density at radius 3 is 2.95 bits per heavy atom. The average Bonchev–Trinajstić information content (AvgIpc) is 3.16. The maximum Gasteiger partial charge on any atom is 0.152 e. The number of aromatic amines is 1. The summed E-state index contributed by atoms with van der Waals surface area (Å²) in [6.07, 6.45) is 2.81. The summed E-state index contributed by atoms with van der Waals surface area (Å²) in [5, 5.41) is 10.5. The first kappa shape index (κ1) is 14.4. The van der Waals surface area contributed by atoms with Crippen LogP contribution in [0.3, 0.4) is 0 Å². The molecule has 0 atom stereocenters. The first-order valence-electron chi connectivity index (χ1n) is 6.76. The molecule has 0 amide bonds. The van der Waals surface area contributed by atoms with Crippen molar-refractivity contribution in [3.63, 3.8) is 0 Å². The Kier molecular flexibility index (Phi) is 4.43. The summed E-state index contributed by atoms with van der Waals surface area (Å²) in [6, 6.07) is 7.92. The van der Waals surface area contributed by atoms with E-state index in [2.05, 4.69) is 21.6 Å². The lowest BCUT2D eigenvalue weighted by atomic mass is 10.2. The molecule has 3 rings (SSSR count). The van der Waals surface area contributed by atoms with Crippen molar-refractivity contribution in [2.45, 2.75) is 19.9 Å². The van der Waals surface area contributed by atoms with Crippen LogP contribution in [0.25, 0.3) is 11.5 Å². The van der Waals surface area contributed by atoms with Crippen molar-refractivity contribution in [2.75, 3.05) is 6.54 Å². The van der Waals surface area contributed by atoms with Gasteiger partial charge in [-0.05, 0) is 37.6 Å². The standard InChI is InChI=1S/C15H16ClN3OS/c1-10-2-4-13(20-10)15-11(9-18-19-15)8-17-7-6-12-3-5-14(16)21-12/h2-5,9,17H,6-8H2,1H3,(H,18,19). The first-order chi connectivity index (χ1) is 10.2.